The van der Waals surface area contributed by atoms with Crippen LogP contribution in [0.1, 0.15) is 65.5 Å². The maximum Gasteiger partial charge on any atom is 0.313 e. The zero-order valence-electron chi connectivity index (χ0n) is 29.5. The summed E-state index contributed by atoms with van der Waals surface area (Å²) in [7, 11) is 1.50. The molecule has 3 saturated heterocycles. The predicted octanol–water partition coefficient (Wildman–Crippen LogP) is 3.95. The lowest BCUT2D eigenvalue weighted by molar-refractivity contribution is -0.164. The second kappa shape index (κ2) is 15.9. The van der Waals surface area contributed by atoms with Crippen molar-refractivity contribution >= 4 is 39.6 Å². The first-order chi connectivity index (χ1) is 23.2. The Morgan fingerprint density at radius 1 is 1.20 bits per heavy atom. The monoisotopic (exact) mass is 745 g/mol. The van der Waals surface area contributed by atoms with Crippen LogP contribution < -0.4 is 5.32 Å². The molecule has 11 nitrogen and oxygen atoms in total. The molecule has 12 heteroatoms. The minimum absolute atomic E-state index is 0.0491. The van der Waals surface area contributed by atoms with Gasteiger partial charge in [-0.15, -0.1) is 13.2 Å². The summed E-state index contributed by atoms with van der Waals surface area (Å²) in [5.41, 5.74) is -1.34. The maximum atomic E-state index is 14.7. The molecule has 2 bridgehead atoms. The summed E-state index contributed by atoms with van der Waals surface area (Å²) in [5.74, 6) is -3.99. The number of halogens is 1. The van der Waals surface area contributed by atoms with Gasteiger partial charge >= 0.3 is 5.97 Å². The molecular weight excluding hydrogens is 694 g/mol. The lowest BCUT2D eigenvalue weighted by Crippen LogP contribution is -2.62. The van der Waals surface area contributed by atoms with Crippen LogP contribution in [0.15, 0.2) is 55.6 Å². The minimum atomic E-state index is -1.35. The Balaban J connectivity index is 1.78. The normalized spacial score (nSPS) is 27.7. The fraction of sp³-hybridized carbons (Fsp3) is 0.622. The molecule has 49 heavy (non-hydrogen) atoms. The summed E-state index contributed by atoms with van der Waals surface area (Å²) in [5, 5.41) is 13.5. The van der Waals surface area contributed by atoms with Crippen LogP contribution in [0.4, 0.5) is 0 Å². The second-order valence-electron chi connectivity index (χ2n) is 14.5. The quantitative estimate of drug-likeness (QED) is 0.148. The molecule has 0 radical (unpaired) electrons. The Labute approximate surface area is 298 Å². The van der Waals surface area contributed by atoms with Gasteiger partial charge in [-0.1, -0.05) is 72.3 Å². The number of carbonyl (C=O) groups is 4. The van der Waals surface area contributed by atoms with E-state index in [0.717, 1.165) is 0 Å². The number of allylic oxidation sites excluding steroid dienone is 1. The molecule has 1 unspecified atom stereocenters. The number of hydrogen-bond donors (Lipinski definition) is 2. The van der Waals surface area contributed by atoms with Crippen molar-refractivity contribution < 1.29 is 38.5 Å². The molecule has 1 aromatic rings. The van der Waals surface area contributed by atoms with Gasteiger partial charge in [0, 0.05) is 30.4 Å². The van der Waals surface area contributed by atoms with E-state index in [1.165, 1.54) is 12.0 Å². The first-order valence-corrected chi connectivity index (χ1v) is 17.9. The molecule has 0 saturated carbocycles. The number of ether oxygens (including phenoxy) is 3. The summed E-state index contributed by atoms with van der Waals surface area (Å²) in [6, 6.07) is 6.51. The number of carbonyl (C=O) groups excluding carboxylic acids is 4. The highest BCUT2D eigenvalue weighted by Crippen LogP contribution is 2.61. The summed E-state index contributed by atoms with van der Waals surface area (Å²) < 4.78 is 18.5. The van der Waals surface area contributed by atoms with Crippen molar-refractivity contribution in [2.24, 2.45) is 17.8 Å². The molecule has 1 spiro atoms. The molecule has 3 aliphatic heterocycles. The van der Waals surface area contributed by atoms with Gasteiger partial charge in [0.2, 0.25) is 17.7 Å². The number of alkyl halides is 1. The highest BCUT2D eigenvalue weighted by molar-refractivity contribution is 9.09. The molecule has 3 amide bonds. The number of aliphatic hydroxyl groups is 1. The largest absolute Gasteiger partial charge is 0.455 e. The van der Waals surface area contributed by atoms with Crippen molar-refractivity contribution in [3.63, 3.8) is 0 Å². The van der Waals surface area contributed by atoms with E-state index in [2.05, 4.69) is 34.4 Å². The van der Waals surface area contributed by atoms with E-state index in [1.54, 1.807) is 29.2 Å². The number of fused-ring (bicyclic) bond motifs is 1. The third-order valence-corrected chi connectivity index (χ3v) is 10.8. The molecular formula is C37H52BrN3O8. The number of likely N-dealkylation sites (tertiary alicyclic amines) is 1. The van der Waals surface area contributed by atoms with E-state index in [4.69, 9.17) is 14.2 Å². The number of hydrogen-bond acceptors (Lipinski definition) is 8. The van der Waals surface area contributed by atoms with Crippen molar-refractivity contribution in [3.8, 4) is 0 Å². The van der Waals surface area contributed by atoms with Crippen LogP contribution >= 0.6 is 15.9 Å². The molecule has 3 heterocycles. The fourth-order valence-corrected chi connectivity index (χ4v) is 8.63. The van der Waals surface area contributed by atoms with Gasteiger partial charge in [-0.3, -0.25) is 19.2 Å². The van der Waals surface area contributed by atoms with E-state index in [-0.39, 0.29) is 48.7 Å². The van der Waals surface area contributed by atoms with E-state index in [1.807, 2.05) is 52.8 Å². The zero-order chi connectivity index (χ0) is 36.3. The molecule has 3 fully saturated rings. The number of rotatable bonds is 16. The standard InChI is InChI=1S/C37H52BrN3O8/c1-9-11-17-27(43)39-25(21-47-8)30(23-15-13-12-14-16-23)48-35(46)28-29-33(44)41(26(20-42)22(3)4)32(37(29)19-24(38)31(28)49-37)34(45)40(18-10-2)36(5,6)7/h9-10,12-16,22,24-26,28-32,42H,1-2,11,17-21H2,3-8H3,(H,39,43)/t24?,25-,26-,28+,29-,30-,31+,32+,37-/m0/s1. The average Bonchev–Trinajstić information content (AvgIpc) is 3.64. The third-order valence-electron chi connectivity index (χ3n) is 9.94. The van der Waals surface area contributed by atoms with Crippen LogP contribution in [-0.4, -0.2) is 106 Å². The second-order valence-corrected chi connectivity index (χ2v) is 15.7. The molecule has 3 aliphatic rings. The topological polar surface area (TPSA) is 135 Å². The Bertz CT molecular complexity index is 1380. The van der Waals surface area contributed by atoms with Gasteiger partial charge in [0.15, 0.2) is 0 Å². The Hall–Kier alpha value is -3.06. The fourth-order valence-electron chi connectivity index (χ4n) is 7.69. The summed E-state index contributed by atoms with van der Waals surface area (Å²) in [6.45, 7) is 16.9. The van der Waals surface area contributed by atoms with Gasteiger partial charge in [0.05, 0.1) is 43.2 Å². The highest BCUT2D eigenvalue weighted by Gasteiger charge is 2.78. The zero-order valence-corrected chi connectivity index (χ0v) is 31.1. The van der Waals surface area contributed by atoms with Crippen molar-refractivity contribution in [1.29, 1.82) is 0 Å². The number of methoxy groups -OCH3 is 1. The van der Waals surface area contributed by atoms with Crippen LogP contribution in [-0.2, 0) is 33.4 Å². The van der Waals surface area contributed by atoms with Crippen molar-refractivity contribution in [2.45, 2.75) is 100 Å². The van der Waals surface area contributed by atoms with Gasteiger partial charge in [-0.2, -0.15) is 0 Å². The van der Waals surface area contributed by atoms with E-state index < -0.39 is 65.2 Å². The lowest BCUT2D eigenvalue weighted by Gasteiger charge is -2.44. The van der Waals surface area contributed by atoms with Gasteiger partial charge in [0.25, 0.3) is 0 Å². The number of nitrogens with one attached hydrogen (secondary N) is 1. The molecule has 9 atom stereocenters. The van der Waals surface area contributed by atoms with Crippen molar-refractivity contribution in [1.82, 2.24) is 15.1 Å². The molecule has 4 rings (SSSR count). The van der Waals surface area contributed by atoms with Gasteiger partial charge in [-0.05, 0) is 45.1 Å². The van der Waals surface area contributed by atoms with E-state index in [9.17, 15) is 24.3 Å². The minimum Gasteiger partial charge on any atom is -0.455 e. The number of amides is 3. The summed E-state index contributed by atoms with van der Waals surface area (Å²) >= 11 is 3.73. The Morgan fingerprint density at radius 2 is 1.88 bits per heavy atom. The molecule has 270 valence electrons. The summed E-state index contributed by atoms with van der Waals surface area (Å²) in [4.78, 5) is 59.6. The van der Waals surface area contributed by atoms with E-state index >= 15 is 0 Å². The lowest BCUT2D eigenvalue weighted by atomic mass is 9.70. The first kappa shape index (κ1) is 38.7. The van der Waals surface area contributed by atoms with Gasteiger partial charge in [0.1, 0.15) is 17.7 Å². The van der Waals surface area contributed by atoms with Crippen LogP contribution in [0.5, 0.6) is 0 Å². The number of esters is 1. The Morgan fingerprint density at radius 3 is 2.43 bits per heavy atom. The molecule has 1 aromatic carbocycles. The van der Waals surface area contributed by atoms with Crippen LogP contribution in [0.3, 0.4) is 0 Å². The average molecular weight is 747 g/mol. The predicted molar refractivity (Wildman–Crippen MR) is 188 cm³/mol. The van der Waals surface area contributed by atoms with Crippen molar-refractivity contribution in [2.75, 3.05) is 26.9 Å². The molecule has 2 N–H and O–H groups in total. The molecule has 0 aromatic heterocycles. The van der Waals surface area contributed by atoms with Crippen molar-refractivity contribution in [3.05, 3.63) is 61.2 Å². The number of benzene rings is 1. The summed E-state index contributed by atoms with van der Waals surface area (Å²) in [6.07, 6.45) is 2.56. The smallest absolute Gasteiger partial charge is 0.313 e. The van der Waals surface area contributed by atoms with E-state index in [0.29, 0.717) is 18.4 Å². The van der Waals surface area contributed by atoms with Crippen LogP contribution in [0, 0.1) is 17.8 Å². The Kier molecular flexibility index (Phi) is 12.5. The van der Waals surface area contributed by atoms with Crippen LogP contribution in [0.25, 0.3) is 0 Å². The first-order valence-electron chi connectivity index (χ1n) is 17.0. The highest BCUT2D eigenvalue weighted by atomic mass is 79.9. The maximum absolute atomic E-state index is 14.7. The number of nitrogens with zero attached hydrogens (tertiary/aromatic N) is 2. The SMILES string of the molecule is C=CCCC(=O)N[C@@H](COC)[C@@H](OC(=O)[C@H]1[C@@H]2O[C@@]3(CC2Br)[C@@H]1C(=O)N([C@@H](CO)C(C)C)[C@@H]3C(=O)N(CC=C)C(C)(C)C)c1ccccc1. The molecule has 0 aliphatic carbocycles. The number of aliphatic hydroxyl groups excluding tert-OH is 1. The van der Waals surface area contributed by atoms with Gasteiger partial charge < -0.3 is 34.4 Å². The van der Waals surface area contributed by atoms with Crippen LogP contribution in [0.2, 0.25) is 0 Å². The third kappa shape index (κ3) is 7.52. The van der Waals surface area contributed by atoms with Gasteiger partial charge in [-0.25, -0.2) is 0 Å².